The first-order chi connectivity index (χ1) is 17.4. The van der Waals surface area contributed by atoms with Crippen molar-refractivity contribution in [3.63, 3.8) is 0 Å². The molecule has 0 aliphatic carbocycles. The standard InChI is InChI=1S/C28H28N3O4P/c1-22(32)30-27(36(33,34-2)35-3)19-26-20-31(21-29-26)28(23-13-7-4-8-14-23,24-15-9-5-10-16-24)25-17-11-6-12-18-25/h4-21H,1-3H3,(H,30,32)/b27-19-. The van der Waals surface area contributed by atoms with Gasteiger partial charge in [0.25, 0.3) is 0 Å². The summed E-state index contributed by atoms with van der Waals surface area (Å²) in [4.78, 5) is 16.4. The highest BCUT2D eigenvalue weighted by Gasteiger charge is 2.38. The van der Waals surface area contributed by atoms with Crippen LogP contribution in [-0.4, -0.2) is 29.7 Å². The number of carbonyl (C=O) groups is 1. The van der Waals surface area contributed by atoms with Crippen molar-refractivity contribution < 1.29 is 18.4 Å². The first kappa shape index (κ1) is 25.3. The largest absolute Gasteiger partial charge is 0.377 e. The van der Waals surface area contributed by atoms with Gasteiger partial charge in [0.05, 0.1) is 12.0 Å². The second-order valence-electron chi connectivity index (χ2n) is 8.09. The zero-order valence-corrected chi connectivity index (χ0v) is 21.3. The van der Waals surface area contributed by atoms with E-state index in [1.54, 1.807) is 6.33 Å². The predicted molar refractivity (Wildman–Crippen MR) is 140 cm³/mol. The van der Waals surface area contributed by atoms with E-state index in [1.807, 2.05) is 65.4 Å². The van der Waals surface area contributed by atoms with Crippen LogP contribution in [0.3, 0.4) is 0 Å². The highest BCUT2D eigenvalue weighted by molar-refractivity contribution is 7.58. The first-order valence-corrected chi connectivity index (χ1v) is 12.9. The lowest BCUT2D eigenvalue weighted by Crippen LogP contribution is -2.36. The number of aromatic nitrogens is 2. The van der Waals surface area contributed by atoms with E-state index in [2.05, 4.69) is 46.7 Å². The summed E-state index contributed by atoms with van der Waals surface area (Å²) in [6, 6.07) is 30.5. The summed E-state index contributed by atoms with van der Waals surface area (Å²) in [6.45, 7) is 1.33. The Labute approximate surface area is 211 Å². The number of benzene rings is 3. The van der Waals surface area contributed by atoms with E-state index in [-0.39, 0.29) is 5.44 Å². The SMILES string of the molecule is COP(=O)(OC)/C(=C\c1cn(C(c2ccccc2)(c2ccccc2)c2ccccc2)cn1)NC(C)=O. The lowest BCUT2D eigenvalue weighted by atomic mass is 9.77. The van der Waals surface area contributed by atoms with Gasteiger partial charge in [-0.15, -0.1) is 0 Å². The van der Waals surface area contributed by atoms with E-state index in [0.717, 1.165) is 16.7 Å². The number of rotatable bonds is 9. The Morgan fingerprint density at radius 2 is 1.31 bits per heavy atom. The molecule has 1 heterocycles. The first-order valence-electron chi connectivity index (χ1n) is 11.4. The van der Waals surface area contributed by atoms with E-state index in [4.69, 9.17) is 9.05 Å². The Balaban J connectivity index is 1.98. The molecule has 0 unspecified atom stereocenters. The number of amides is 1. The van der Waals surface area contributed by atoms with Crippen LogP contribution in [0.15, 0.2) is 109 Å². The van der Waals surface area contributed by atoms with Crippen LogP contribution in [0.5, 0.6) is 0 Å². The summed E-state index contributed by atoms with van der Waals surface area (Å²) in [5.74, 6) is -0.401. The third-order valence-electron chi connectivity index (χ3n) is 5.93. The van der Waals surface area contributed by atoms with Gasteiger partial charge in [-0.3, -0.25) is 9.36 Å². The fraction of sp³-hybridized carbons (Fsp3) is 0.143. The number of hydrogen-bond donors (Lipinski definition) is 1. The van der Waals surface area contributed by atoms with Crippen molar-refractivity contribution >= 4 is 19.6 Å². The van der Waals surface area contributed by atoms with E-state index >= 15 is 0 Å². The second-order valence-corrected chi connectivity index (χ2v) is 10.3. The summed E-state index contributed by atoms with van der Waals surface area (Å²) < 4.78 is 25.4. The zero-order valence-electron chi connectivity index (χ0n) is 20.4. The molecule has 4 aromatic rings. The van der Waals surface area contributed by atoms with Gasteiger partial charge < -0.3 is 18.9 Å². The Morgan fingerprint density at radius 3 is 1.69 bits per heavy atom. The van der Waals surface area contributed by atoms with Crippen LogP contribution in [-0.2, 0) is 23.9 Å². The van der Waals surface area contributed by atoms with Crippen LogP contribution >= 0.6 is 7.60 Å². The van der Waals surface area contributed by atoms with Crippen LogP contribution < -0.4 is 5.32 Å². The molecule has 0 atom stereocenters. The fourth-order valence-corrected chi connectivity index (χ4v) is 5.48. The number of nitrogens with zero attached hydrogens (tertiary/aromatic N) is 2. The smallest absolute Gasteiger partial charge is 0.320 e. The minimum absolute atomic E-state index is 0.00924. The number of imidazole rings is 1. The Kier molecular flexibility index (Phi) is 7.65. The lowest BCUT2D eigenvalue weighted by Gasteiger charge is -2.37. The summed E-state index contributed by atoms with van der Waals surface area (Å²) in [6.07, 6.45) is 5.09. The van der Waals surface area contributed by atoms with Gasteiger partial charge in [-0.05, 0) is 22.8 Å². The van der Waals surface area contributed by atoms with Gasteiger partial charge in [-0.1, -0.05) is 91.0 Å². The third kappa shape index (κ3) is 4.82. The molecule has 1 aromatic heterocycles. The van der Waals surface area contributed by atoms with Crippen LogP contribution in [0.2, 0.25) is 0 Å². The Hall–Kier alpha value is -3.77. The van der Waals surface area contributed by atoms with Crippen molar-refractivity contribution in [3.05, 3.63) is 131 Å². The molecule has 3 aromatic carbocycles. The van der Waals surface area contributed by atoms with Crippen molar-refractivity contribution in [2.45, 2.75) is 12.5 Å². The molecule has 7 nitrogen and oxygen atoms in total. The summed E-state index contributed by atoms with van der Waals surface area (Å²) in [7, 11) is -1.20. The molecule has 1 N–H and O–H groups in total. The monoisotopic (exact) mass is 501 g/mol. The minimum Gasteiger partial charge on any atom is -0.320 e. The van der Waals surface area contributed by atoms with Gasteiger partial charge in [-0.25, -0.2) is 4.98 Å². The van der Waals surface area contributed by atoms with E-state index in [0.29, 0.717) is 5.69 Å². The molecule has 0 fully saturated rings. The molecule has 8 heteroatoms. The van der Waals surface area contributed by atoms with Crippen LogP contribution in [0, 0.1) is 0 Å². The van der Waals surface area contributed by atoms with E-state index < -0.39 is 19.0 Å². The second kappa shape index (κ2) is 10.9. The average Bonchev–Trinajstić information content (AvgIpc) is 3.38. The van der Waals surface area contributed by atoms with Gasteiger partial charge >= 0.3 is 7.60 Å². The summed E-state index contributed by atoms with van der Waals surface area (Å²) in [5.41, 5.74) is 2.85. The molecular formula is C28H28N3O4P. The van der Waals surface area contributed by atoms with Gasteiger partial charge in [0.2, 0.25) is 5.91 Å². The molecule has 0 radical (unpaired) electrons. The van der Waals surface area contributed by atoms with Crippen molar-refractivity contribution in [3.8, 4) is 0 Å². The van der Waals surface area contributed by atoms with Crippen molar-refractivity contribution in [1.82, 2.24) is 14.9 Å². The zero-order chi connectivity index (χ0) is 25.6. The number of carbonyl (C=O) groups excluding carboxylic acids is 1. The number of nitrogens with one attached hydrogen (secondary N) is 1. The Bertz CT molecular complexity index is 1280. The molecule has 1 amide bonds. The third-order valence-corrected chi connectivity index (χ3v) is 7.72. The van der Waals surface area contributed by atoms with Gasteiger partial charge in [-0.2, -0.15) is 0 Å². The summed E-state index contributed by atoms with van der Waals surface area (Å²) >= 11 is 0. The molecule has 0 bridgehead atoms. The molecule has 184 valence electrons. The molecule has 4 rings (SSSR count). The molecule has 0 spiro atoms. The van der Waals surface area contributed by atoms with Crippen molar-refractivity contribution in [2.24, 2.45) is 0 Å². The van der Waals surface area contributed by atoms with Crippen LogP contribution in [0.1, 0.15) is 29.3 Å². The maximum atomic E-state index is 13.1. The summed E-state index contributed by atoms with van der Waals surface area (Å²) in [5, 5.41) is 2.57. The Morgan fingerprint density at radius 1 is 0.861 bits per heavy atom. The van der Waals surface area contributed by atoms with Crippen LogP contribution in [0.25, 0.3) is 6.08 Å². The molecular weight excluding hydrogens is 473 g/mol. The van der Waals surface area contributed by atoms with Crippen molar-refractivity contribution in [1.29, 1.82) is 0 Å². The molecule has 0 aliphatic rings. The van der Waals surface area contributed by atoms with Gasteiger partial charge in [0, 0.05) is 27.3 Å². The van der Waals surface area contributed by atoms with Crippen LogP contribution in [0.4, 0.5) is 0 Å². The lowest BCUT2D eigenvalue weighted by molar-refractivity contribution is -0.118. The highest BCUT2D eigenvalue weighted by atomic mass is 31.2. The fourth-order valence-electron chi connectivity index (χ4n) is 4.36. The van der Waals surface area contributed by atoms with Gasteiger partial charge in [0.15, 0.2) is 0 Å². The topological polar surface area (TPSA) is 82.4 Å². The van der Waals surface area contributed by atoms with E-state index in [1.165, 1.54) is 27.2 Å². The molecule has 0 aliphatic heterocycles. The predicted octanol–water partition coefficient (Wildman–Crippen LogP) is 5.64. The molecule has 0 saturated carbocycles. The van der Waals surface area contributed by atoms with Gasteiger partial charge in [0.1, 0.15) is 11.0 Å². The molecule has 36 heavy (non-hydrogen) atoms. The number of hydrogen-bond acceptors (Lipinski definition) is 5. The minimum atomic E-state index is -3.74. The maximum Gasteiger partial charge on any atom is 0.377 e. The molecule has 0 saturated heterocycles. The highest BCUT2D eigenvalue weighted by Crippen LogP contribution is 2.54. The van der Waals surface area contributed by atoms with E-state index in [9.17, 15) is 9.36 Å². The quantitative estimate of drug-likeness (QED) is 0.237. The normalized spacial score (nSPS) is 12.4. The van der Waals surface area contributed by atoms with Crippen molar-refractivity contribution in [2.75, 3.05) is 14.2 Å². The average molecular weight is 502 g/mol. The maximum absolute atomic E-state index is 13.1.